The number of pyridine rings is 1. The van der Waals surface area contributed by atoms with Gasteiger partial charge in [0.15, 0.2) is 5.69 Å². The Morgan fingerprint density at radius 3 is 2.89 bits per heavy atom. The molecule has 2 atom stereocenters. The number of hydrogen-bond acceptors (Lipinski definition) is 6. The number of rotatable bonds is 7. The summed E-state index contributed by atoms with van der Waals surface area (Å²) in [6.45, 7) is -0.679. The minimum Gasteiger partial charge on any atom is -0.491 e. The molecule has 0 spiro atoms. The number of nitrogens with zero attached hydrogens (tertiary/aromatic N) is 3. The molecule has 1 N–H and O–H groups in total. The number of hydrogen-bond donors (Lipinski definition) is 1. The molecule has 0 saturated carbocycles. The van der Waals surface area contributed by atoms with Crippen LogP contribution in [0.4, 0.5) is 13.2 Å². The molecule has 11 heteroatoms. The maximum absolute atomic E-state index is 12.8. The molecule has 0 saturated heterocycles. The van der Waals surface area contributed by atoms with Crippen molar-refractivity contribution in [3.63, 3.8) is 0 Å². The third-order valence-electron chi connectivity index (χ3n) is 5.75. The predicted octanol–water partition coefficient (Wildman–Crippen LogP) is 3.41. The van der Waals surface area contributed by atoms with Crippen molar-refractivity contribution in [3.05, 3.63) is 59.9 Å². The normalized spacial score (nSPS) is 18.8. The van der Waals surface area contributed by atoms with Crippen molar-refractivity contribution in [2.75, 3.05) is 19.8 Å². The summed E-state index contributed by atoms with van der Waals surface area (Å²) in [7, 11) is 0. The molecule has 2 aliphatic heterocycles. The van der Waals surface area contributed by atoms with Crippen LogP contribution in [0.25, 0.3) is 11.3 Å². The van der Waals surface area contributed by atoms with Gasteiger partial charge in [-0.05, 0) is 42.3 Å². The molecule has 0 aliphatic carbocycles. The second-order valence-corrected chi connectivity index (χ2v) is 8.47. The number of fused-ring (bicyclic) bond motifs is 2. The van der Waals surface area contributed by atoms with E-state index >= 15 is 0 Å². The Balaban J connectivity index is 1.15. The highest BCUT2D eigenvalue weighted by Gasteiger charge is 2.30. The molecule has 2 unspecified atom stereocenters. The first-order chi connectivity index (χ1) is 16.8. The predicted molar refractivity (Wildman–Crippen MR) is 118 cm³/mol. The van der Waals surface area contributed by atoms with Crippen LogP contribution < -0.4 is 14.8 Å². The molecule has 5 rings (SSSR count). The van der Waals surface area contributed by atoms with E-state index in [0.717, 1.165) is 22.6 Å². The van der Waals surface area contributed by atoms with Crippen LogP contribution in [-0.4, -0.2) is 58.8 Å². The van der Waals surface area contributed by atoms with Crippen LogP contribution in [0.3, 0.4) is 0 Å². The van der Waals surface area contributed by atoms with Crippen molar-refractivity contribution in [1.82, 2.24) is 20.1 Å². The fourth-order valence-corrected chi connectivity index (χ4v) is 4.13. The number of nitrogens with one attached hydrogen (secondary N) is 1. The summed E-state index contributed by atoms with van der Waals surface area (Å²) in [6, 6.07) is 12.9. The summed E-state index contributed by atoms with van der Waals surface area (Å²) >= 11 is 0. The van der Waals surface area contributed by atoms with Gasteiger partial charge in [0.05, 0.1) is 24.9 Å². The van der Waals surface area contributed by atoms with Crippen molar-refractivity contribution in [3.8, 4) is 22.9 Å². The molecule has 1 aromatic carbocycles. The summed E-state index contributed by atoms with van der Waals surface area (Å²) in [5.41, 5.74) is 3.02. The molecule has 0 radical (unpaired) electrons. The number of benzene rings is 1. The smallest absolute Gasteiger partial charge is 0.411 e. The maximum Gasteiger partial charge on any atom is 0.411 e. The van der Waals surface area contributed by atoms with Gasteiger partial charge >= 0.3 is 6.18 Å². The number of aromatic nitrogens is 3. The Hall–Kier alpha value is -3.60. The average Bonchev–Trinajstić information content (AvgIpc) is 3.40. The lowest BCUT2D eigenvalue weighted by atomic mass is 9.99. The summed E-state index contributed by atoms with van der Waals surface area (Å²) in [5.74, 6) is 0.842. The van der Waals surface area contributed by atoms with Gasteiger partial charge in [0.1, 0.15) is 25.1 Å². The number of ether oxygens (including phenoxy) is 3. The van der Waals surface area contributed by atoms with Crippen molar-refractivity contribution >= 4 is 5.91 Å². The van der Waals surface area contributed by atoms with Gasteiger partial charge < -0.3 is 19.5 Å². The standard InChI is InChI=1S/C24H23F3N4O4/c25-24(26,27)14-33-8-6-18-12-31-22(35-18)11-20(30-31)23(32)29-17-10-16-9-15(4-5-21(16)34-13-17)19-3-1-2-7-28-19/h1-5,7,9,11,17-18H,6,8,10,12-14H2,(H,29,32). The highest BCUT2D eigenvalue weighted by molar-refractivity contribution is 5.92. The topological polar surface area (TPSA) is 87.5 Å². The van der Waals surface area contributed by atoms with E-state index in [1.807, 2.05) is 36.4 Å². The molecule has 0 bridgehead atoms. The Morgan fingerprint density at radius 1 is 1.23 bits per heavy atom. The van der Waals surface area contributed by atoms with Crippen molar-refractivity contribution in [2.24, 2.45) is 0 Å². The molecule has 184 valence electrons. The van der Waals surface area contributed by atoms with Crippen LogP contribution in [0, 0.1) is 0 Å². The maximum atomic E-state index is 12.8. The van der Waals surface area contributed by atoms with E-state index in [2.05, 4.69) is 20.1 Å². The van der Waals surface area contributed by atoms with E-state index in [1.165, 1.54) is 10.7 Å². The zero-order valence-electron chi connectivity index (χ0n) is 18.6. The van der Waals surface area contributed by atoms with Crippen molar-refractivity contribution < 1.29 is 32.2 Å². The van der Waals surface area contributed by atoms with Gasteiger partial charge in [-0.15, -0.1) is 0 Å². The highest BCUT2D eigenvalue weighted by atomic mass is 19.4. The van der Waals surface area contributed by atoms with Gasteiger partial charge in [-0.3, -0.25) is 9.78 Å². The molecule has 2 aromatic heterocycles. The first-order valence-electron chi connectivity index (χ1n) is 11.2. The van der Waals surface area contributed by atoms with Crippen LogP contribution in [-0.2, 0) is 17.7 Å². The van der Waals surface area contributed by atoms with Crippen molar-refractivity contribution in [2.45, 2.75) is 37.7 Å². The molecule has 4 heterocycles. The largest absolute Gasteiger partial charge is 0.491 e. The number of halogens is 3. The second kappa shape index (κ2) is 9.57. The Bertz CT molecular complexity index is 1180. The van der Waals surface area contributed by atoms with E-state index < -0.39 is 12.8 Å². The van der Waals surface area contributed by atoms with E-state index in [4.69, 9.17) is 9.47 Å². The Morgan fingerprint density at radius 2 is 2.11 bits per heavy atom. The lowest BCUT2D eigenvalue weighted by Crippen LogP contribution is -2.43. The zero-order chi connectivity index (χ0) is 24.4. The molecule has 0 fully saturated rings. The Labute approximate surface area is 199 Å². The summed E-state index contributed by atoms with van der Waals surface area (Å²) in [6.07, 6.45) is -2.06. The fourth-order valence-electron chi connectivity index (χ4n) is 4.13. The fraction of sp³-hybridized carbons (Fsp3) is 0.375. The molecular weight excluding hydrogens is 465 g/mol. The van der Waals surface area contributed by atoms with Crippen LogP contribution in [0.15, 0.2) is 48.7 Å². The van der Waals surface area contributed by atoms with Gasteiger partial charge in [-0.25, -0.2) is 4.68 Å². The summed E-state index contributed by atoms with van der Waals surface area (Å²) < 4.78 is 54.1. The van der Waals surface area contributed by atoms with Crippen LogP contribution >= 0.6 is 0 Å². The molecule has 35 heavy (non-hydrogen) atoms. The number of alkyl halides is 3. The summed E-state index contributed by atoms with van der Waals surface area (Å²) in [5, 5.41) is 7.24. The molecular formula is C24H23F3N4O4. The number of amides is 1. The van der Waals surface area contributed by atoms with E-state index in [0.29, 0.717) is 31.9 Å². The minimum atomic E-state index is -4.35. The third kappa shape index (κ3) is 5.56. The molecule has 2 aliphatic rings. The lowest BCUT2D eigenvalue weighted by Gasteiger charge is -2.26. The van der Waals surface area contributed by atoms with Crippen LogP contribution in [0.1, 0.15) is 22.5 Å². The van der Waals surface area contributed by atoms with Gasteiger partial charge in [0, 0.05) is 24.2 Å². The quantitative estimate of drug-likeness (QED) is 0.513. The SMILES string of the molecule is O=C(NC1COc2ccc(-c3ccccn3)cc2C1)c1cc2n(n1)CC(CCOCC(F)(F)F)O2. The van der Waals surface area contributed by atoms with E-state index in [1.54, 1.807) is 6.20 Å². The van der Waals surface area contributed by atoms with E-state index in [9.17, 15) is 18.0 Å². The van der Waals surface area contributed by atoms with Crippen LogP contribution in [0.5, 0.6) is 11.6 Å². The van der Waals surface area contributed by atoms with Gasteiger partial charge in [-0.1, -0.05) is 6.07 Å². The third-order valence-corrected chi connectivity index (χ3v) is 5.75. The first-order valence-corrected chi connectivity index (χ1v) is 11.2. The molecule has 3 aromatic rings. The summed E-state index contributed by atoms with van der Waals surface area (Å²) in [4.78, 5) is 17.2. The molecule has 1 amide bonds. The van der Waals surface area contributed by atoms with Gasteiger partial charge in [-0.2, -0.15) is 18.3 Å². The minimum absolute atomic E-state index is 0.0758. The second-order valence-electron chi connectivity index (χ2n) is 8.47. The van der Waals surface area contributed by atoms with Crippen molar-refractivity contribution in [1.29, 1.82) is 0 Å². The first kappa shape index (κ1) is 23.2. The average molecular weight is 488 g/mol. The van der Waals surface area contributed by atoms with E-state index in [-0.39, 0.29) is 30.4 Å². The van der Waals surface area contributed by atoms with Gasteiger partial charge in [0.25, 0.3) is 5.91 Å². The number of carbonyl (C=O) groups is 1. The van der Waals surface area contributed by atoms with Gasteiger partial charge in [0.2, 0.25) is 5.88 Å². The van der Waals surface area contributed by atoms with Crippen LogP contribution in [0.2, 0.25) is 0 Å². The zero-order valence-corrected chi connectivity index (χ0v) is 18.6. The highest BCUT2D eigenvalue weighted by Crippen LogP contribution is 2.30. The Kier molecular flexibility index (Phi) is 6.33. The monoisotopic (exact) mass is 488 g/mol. The number of carbonyl (C=O) groups excluding carboxylic acids is 1. The molecule has 8 nitrogen and oxygen atoms in total. The lowest BCUT2D eigenvalue weighted by molar-refractivity contribution is -0.174.